The lowest BCUT2D eigenvalue weighted by Crippen LogP contribution is -2.42. The van der Waals surface area contributed by atoms with Crippen molar-refractivity contribution < 1.29 is 19.4 Å². The van der Waals surface area contributed by atoms with Gasteiger partial charge in [-0.15, -0.1) is 0 Å². The Morgan fingerprint density at radius 2 is 1.18 bits per heavy atom. The molecule has 1 atom stereocenters. The summed E-state index contributed by atoms with van der Waals surface area (Å²) < 4.78 is 5.18. The molecule has 3 aromatic carbocycles. The molecule has 0 saturated carbocycles. The third-order valence-electron chi connectivity index (χ3n) is 4.30. The van der Waals surface area contributed by atoms with Gasteiger partial charge in [-0.2, -0.15) is 0 Å². The number of carbonyl (C=O) groups excluding carboxylic acids is 1. The second-order valence-electron chi connectivity index (χ2n) is 6.36. The van der Waals surface area contributed by atoms with Gasteiger partial charge < -0.3 is 15.2 Å². The van der Waals surface area contributed by atoms with E-state index in [2.05, 4.69) is 5.32 Å². The van der Waals surface area contributed by atoms with E-state index in [0.717, 1.165) is 22.3 Å². The first-order chi connectivity index (χ1) is 16.6. The van der Waals surface area contributed by atoms with Crippen LogP contribution in [0.5, 0.6) is 0 Å². The van der Waals surface area contributed by atoms with Gasteiger partial charge in [0.1, 0.15) is 12.6 Å². The Morgan fingerprint density at radius 3 is 1.68 bits per heavy atom. The number of benzene rings is 3. The van der Waals surface area contributed by atoms with Gasteiger partial charge in [0.2, 0.25) is 0 Å². The summed E-state index contributed by atoms with van der Waals surface area (Å²) in [5.74, 6) is -1.10. The van der Waals surface area contributed by atoms with E-state index in [0.29, 0.717) is 0 Å². The molecular formula is C29H39NO4. The lowest BCUT2D eigenvalue weighted by atomic mass is 10.0. The van der Waals surface area contributed by atoms with Crippen molar-refractivity contribution in [3.63, 3.8) is 0 Å². The molecule has 34 heavy (non-hydrogen) atoms. The summed E-state index contributed by atoms with van der Waals surface area (Å²) >= 11 is 0. The average Bonchev–Trinajstić information content (AvgIpc) is 2.92. The van der Waals surface area contributed by atoms with Crippen LogP contribution in [0.15, 0.2) is 84.9 Å². The van der Waals surface area contributed by atoms with E-state index >= 15 is 0 Å². The van der Waals surface area contributed by atoms with Crippen molar-refractivity contribution in [3.8, 4) is 11.1 Å². The average molecular weight is 466 g/mol. The molecule has 0 aliphatic heterocycles. The molecule has 0 fully saturated rings. The van der Waals surface area contributed by atoms with E-state index in [1.54, 1.807) is 0 Å². The van der Waals surface area contributed by atoms with Gasteiger partial charge in [0.25, 0.3) is 0 Å². The highest BCUT2D eigenvalue weighted by atomic mass is 16.5. The third kappa shape index (κ3) is 11.3. The summed E-state index contributed by atoms with van der Waals surface area (Å²) in [7, 11) is 0. The number of carboxylic acids is 1. The Kier molecular flexibility index (Phi) is 16.9. The van der Waals surface area contributed by atoms with Gasteiger partial charge >= 0.3 is 12.1 Å². The number of alkyl carbamates (subject to hydrolysis) is 1. The van der Waals surface area contributed by atoms with Crippen LogP contribution in [0.25, 0.3) is 11.1 Å². The van der Waals surface area contributed by atoms with Crippen LogP contribution in [-0.4, -0.2) is 23.2 Å². The number of carbonyl (C=O) groups is 2. The van der Waals surface area contributed by atoms with Gasteiger partial charge in [-0.25, -0.2) is 9.59 Å². The summed E-state index contributed by atoms with van der Waals surface area (Å²) in [6.45, 7) is 12.1. The Bertz CT molecular complexity index is 910. The highest BCUT2D eigenvalue weighted by Gasteiger charge is 2.21. The normalized spacial score (nSPS) is 9.94. The highest BCUT2D eigenvalue weighted by Crippen LogP contribution is 2.19. The zero-order valence-corrected chi connectivity index (χ0v) is 21.2. The number of rotatable bonds is 7. The zero-order valence-electron chi connectivity index (χ0n) is 21.2. The van der Waals surface area contributed by atoms with Crippen molar-refractivity contribution in [2.75, 3.05) is 0 Å². The quantitative estimate of drug-likeness (QED) is 0.382. The van der Waals surface area contributed by atoms with E-state index in [-0.39, 0.29) is 13.0 Å². The van der Waals surface area contributed by atoms with Crippen molar-refractivity contribution in [3.05, 3.63) is 96.1 Å². The molecule has 1 amide bonds. The number of carboxylic acid groups (broad SMARTS) is 1. The van der Waals surface area contributed by atoms with E-state index in [9.17, 15) is 14.7 Å². The van der Waals surface area contributed by atoms with Crippen LogP contribution in [0.2, 0.25) is 0 Å². The van der Waals surface area contributed by atoms with Crippen LogP contribution in [0.3, 0.4) is 0 Å². The molecule has 0 aliphatic rings. The Labute approximate surface area is 204 Å². The second kappa shape index (κ2) is 18.9. The van der Waals surface area contributed by atoms with Gasteiger partial charge in [-0.3, -0.25) is 0 Å². The van der Waals surface area contributed by atoms with E-state index in [1.807, 2.05) is 126 Å². The number of nitrogens with one attached hydrogen (secondary N) is 1. The van der Waals surface area contributed by atoms with Crippen LogP contribution in [0.4, 0.5) is 4.79 Å². The Hall–Kier alpha value is -3.60. The molecular weight excluding hydrogens is 426 g/mol. The summed E-state index contributed by atoms with van der Waals surface area (Å²) in [6.07, 6.45) is -0.563. The Morgan fingerprint density at radius 1 is 0.706 bits per heavy atom. The SMILES string of the molecule is CC.CC.CC.O=C(NC(Cc1ccccc1)C(=O)O)OCc1ccc(-c2ccccc2)cc1. The molecule has 0 bridgehead atoms. The van der Waals surface area contributed by atoms with Crippen LogP contribution >= 0.6 is 0 Å². The first-order valence-corrected chi connectivity index (χ1v) is 12.0. The van der Waals surface area contributed by atoms with Crippen molar-refractivity contribution in [2.24, 2.45) is 0 Å². The fraction of sp³-hybridized carbons (Fsp3) is 0.310. The maximum absolute atomic E-state index is 12.0. The predicted octanol–water partition coefficient (Wildman–Crippen LogP) is 7.35. The molecule has 0 aromatic heterocycles. The molecule has 0 spiro atoms. The van der Waals surface area contributed by atoms with Crippen LogP contribution in [0.1, 0.15) is 52.7 Å². The van der Waals surface area contributed by atoms with Gasteiger partial charge in [0, 0.05) is 6.42 Å². The Balaban J connectivity index is 0.00000168. The van der Waals surface area contributed by atoms with Crippen LogP contribution in [0, 0.1) is 0 Å². The van der Waals surface area contributed by atoms with Gasteiger partial charge in [-0.05, 0) is 22.3 Å². The zero-order chi connectivity index (χ0) is 25.8. The first-order valence-electron chi connectivity index (χ1n) is 12.0. The monoisotopic (exact) mass is 465 g/mol. The molecule has 3 rings (SSSR count). The van der Waals surface area contributed by atoms with Gasteiger partial charge in [-0.1, -0.05) is 126 Å². The van der Waals surface area contributed by atoms with Crippen molar-refractivity contribution in [1.82, 2.24) is 5.32 Å². The largest absolute Gasteiger partial charge is 0.480 e. The maximum atomic E-state index is 12.0. The standard InChI is InChI=1S/C23H21NO4.3C2H6/c25-22(26)21(15-17-7-3-1-4-8-17)24-23(27)28-16-18-11-13-20(14-12-18)19-9-5-2-6-10-19;3*1-2/h1-14,21H,15-16H2,(H,24,27)(H,25,26);3*1-2H3. The fourth-order valence-corrected chi connectivity index (χ4v) is 2.81. The lowest BCUT2D eigenvalue weighted by Gasteiger charge is -2.15. The third-order valence-corrected chi connectivity index (χ3v) is 4.30. The molecule has 0 aliphatic carbocycles. The van der Waals surface area contributed by atoms with E-state index in [4.69, 9.17) is 4.74 Å². The first kappa shape index (κ1) is 30.4. The number of hydrogen-bond acceptors (Lipinski definition) is 3. The van der Waals surface area contributed by atoms with Gasteiger partial charge in [0.05, 0.1) is 0 Å². The predicted molar refractivity (Wildman–Crippen MR) is 141 cm³/mol. The van der Waals surface area contributed by atoms with Crippen molar-refractivity contribution in [2.45, 2.75) is 60.6 Å². The number of hydrogen-bond donors (Lipinski definition) is 2. The fourth-order valence-electron chi connectivity index (χ4n) is 2.81. The summed E-state index contributed by atoms with van der Waals surface area (Å²) in [4.78, 5) is 23.4. The smallest absolute Gasteiger partial charge is 0.408 e. The molecule has 5 heteroatoms. The van der Waals surface area contributed by atoms with Crippen LogP contribution in [-0.2, 0) is 22.6 Å². The minimum atomic E-state index is -1.10. The number of ether oxygens (including phenoxy) is 1. The van der Waals surface area contributed by atoms with Crippen molar-refractivity contribution >= 4 is 12.1 Å². The molecule has 184 valence electrons. The van der Waals surface area contributed by atoms with Crippen LogP contribution < -0.4 is 5.32 Å². The van der Waals surface area contributed by atoms with Crippen molar-refractivity contribution in [1.29, 1.82) is 0 Å². The number of aliphatic carboxylic acids is 1. The molecule has 2 N–H and O–H groups in total. The lowest BCUT2D eigenvalue weighted by molar-refractivity contribution is -0.139. The molecule has 0 radical (unpaired) electrons. The summed E-state index contributed by atoms with van der Waals surface area (Å²) in [5, 5.41) is 11.7. The molecule has 5 nitrogen and oxygen atoms in total. The second-order valence-corrected chi connectivity index (χ2v) is 6.36. The maximum Gasteiger partial charge on any atom is 0.408 e. The minimum absolute atomic E-state index is 0.0680. The summed E-state index contributed by atoms with van der Waals surface area (Å²) in [5.41, 5.74) is 3.83. The van der Waals surface area contributed by atoms with E-state index < -0.39 is 18.1 Å². The minimum Gasteiger partial charge on any atom is -0.480 e. The highest BCUT2D eigenvalue weighted by molar-refractivity contribution is 5.80. The molecule has 1 unspecified atom stereocenters. The number of amides is 1. The van der Waals surface area contributed by atoms with E-state index in [1.165, 1.54) is 0 Å². The summed E-state index contributed by atoms with van der Waals surface area (Å²) in [6, 6.07) is 25.7. The van der Waals surface area contributed by atoms with Gasteiger partial charge in [0.15, 0.2) is 0 Å². The molecule has 0 heterocycles. The topological polar surface area (TPSA) is 75.6 Å². The molecule has 0 saturated heterocycles. The molecule has 3 aromatic rings.